The zero-order valence-corrected chi connectivity index (χ0v) is 7.48. The third kappa shape index (κ3) is 1.69. The molecule has 1 aromatic rings. The lowest BCUT2D eigenvalue weighted by Crippen LogP contribution is -2.29. The fourth-order valence-electron chi connectivity index (χ4n) is 1.03. The number of aliphatic carboxylic acids is 1. The van der Waals surface area contributed by atoms with Crippen LogP contribution in [0.1, 0.15) is 5.69 Å². The van der Waals surface area contributed by atoms with Crippen molar-refractivity contribution in [1.29, 1.82) is 5.41 Å². The Morgan fingerprint density at radius 1 is 1.62 bits per heavy atom. The lowest BCUT2D eigenvalue weighted by molar-refractivity contribution is -0.129. The number of hydrogen-bond donors (Lipinski definition) is 2. The predicted molar refractivity (Wildman–Crippen MR) is 49.0 cm³/mol. The van der Waals surface area contributed by atoms with Crippen molar-refractivity contribution in [3.05, 3.63) is 24.0 Å². The molecule has 0 fully saturated rings. The highest BCUT2D eigenvalue weighted by molar-refractivity contribution is 6.40. The predicted octanol–water partition coefficient (Wildman–Crippen LogP) is 0.138. The first-order valence-electron chi connectivity index (χ1n) is 3.71. The van der Waals surface area contributed by atoms with Gasteiger partial charge in [0.1, 0.15) is 0 Å². The van der Waals surface area contributed by atoms with Crippen molar-refractivity contribution in [2.45, 2.75) is 0 Å². The van der Waals surface area contributed by atoms with Gasteiger partial charge in [-0.05, 0) is 12.1 Å². The maximum absolute atomic E-state index is 10.5. The molecule has 0 aliphatic rings. The molecule has 0 saturated heterocycles. The molecule has 1 aromatic heterocycles. The fourth-order valence-corrected chi connectivity index (χ4v) is 1.03. The first-order valence-corrected chi connectivity index (χ1v) is 3.71. The van der Waals surface area contributed by atoms with Gasteiger partial charge >= 0.3 is 5.97 Å². The molecular weight excluding hydrogens is 170 g/mol. The number of carbonyl (C=O) groups is 1. The molecule has 5 nitrogen and oxygen atoms in total. The second-order valence-electron chi connectivity index (χ2n) is 2.77. The summed E-state index contributed by atoms with van der Waals surface area (Å²) in [5.74, 6) is -1.22. The van der Waals surface area contributed by atoms with Crippen LogP contribution in [0.4, 0.5) is 0 Å². The Balaban J connectivity index is 3.07. The van der Waals surface area contributed by atoms with Gasteiger partial charge in [-0.3, -0.25) is 10.1 Å². The van der Waals surface area contributed by atoms with Gasteiger partial charge in [0.05, 0.1) is 5.69 Å². The zero-order valence-electron chi connectivity index (χ0n) is 7.48. The minimum Gasteiger partial charge on any atom is -0.476 e. The number of nitrogens with one attached hydrogen (secondary N) is 1. The molecule has 0 aromatic carbocycles. The lowest BCUT2D eigenvalue weighted by Gasteiger charge is -2.17. The van der Waals surface area contributed by atoms with E-state index in [4.69, 9.17) is 10.5 Å². The van der Waals surface area contributed by atoms with E-state index in [1.165, 1.54) is 0 Å². The summed E-state index contributed by atoms with van der Waals surface area (Å²) in [6, 6.07) is 3.29. The summed E-state index contributed by atoms with van der Waals surface area (Å²) in [5.41, 5.74) is -0.0313. The van der Waals surface area contributed by atoms with Gasteiger partial charge < -0.3 is 10.1 Å². The molecule has 0 aliphatic carbocycles. The average molecular weight is 181 g/mol. The van der Waals surface area contributed by atoms with Gasteiger partial charge in [0.25, 0.3) is 0 Å². The van der Waals surface area contributed by atoms with Gasteiger partial charge in [-0.2, -0.15) is 0 Å². The molecule has 0 unspecified atom stereocenters. The molecule has 5 heteroatoms. The second kappa shape index (κ2) is 3.30. The molecule has 0 aliphatic heterocycles. The van der Waals surface area contributed by atoms with Gasteiger partial charge in [-0.1, -0.05) is 0 Å². The Morgan fingerprint density at radius 2 is 2.23 bits per heavy atom. The van der Waals surface area contributed by atoms with Crippen molar-refractivity contribution in [2.75, 3.05) is 19.1 Å². The van der Waals surface area contributed by atoms with Crippen LogP contribution in [0.5, 0.6) is 0 Å². The van der Waals surface area contributed by atoms with Crippen LogP contribution in [0.25, 0.3) is 0 Å². The Kier molecular flexibility index (Phi) is 2.36. The molecule has 0 radical (unpaired) electrons. The Morgan fingerprint density at radius 3 is 2.69 bits per heavy atom. The minimum absolute atomic E-state index is 0.373. The van der Waals surface area contributed by atoms with Gasteiger partial charge in [0.15, 0.2) is 5.71 Å². The Bertz CT molecular complexity index is 341. The summed E-state index contributed by atoms with van der Waals surface area (Å²) in [6.07, 6.45) is 1.70. The SMILES string of the molecule is CN(C)n1cccc1C(=N)C(=O)O. The van der Waals surface area contributed by atoms with Crippen LogP contribution < -0.4 is 5.01 Å². The Hall–Kier alpha value is -1.78. The molecule has 0 amide bonds. The van der Waals surface area contributed by atoms with Crippen molar-refractivity contribution in [3.63, 3.8) is 0 Å². The van der Waals surface area contributed by atoms with Crippen molar-refractivity contribution < 1.29 is 9.90 Å². The first-order chi connectivity index (χ1) is 6.04. The summed E-state index contributed by atoms with van der Waals surface area (Å²) < 4.78 is 1.59. The van der Waals surface area contributed by atoms with E-state index in [0.29, 0.717) is 5.69 Å². The van der Waals surface area contributed by atoms with E-state index in [2.05, 4.69) is 0 Å². The van der Waals surface area contributed by atoms with Gasteiger partial charge in [-0.15, -0.1) is 0 Å². The molecule has 0 spiro atoms. The fraction of sp³-hybridized carbons (Fsp3) is 0.250. The maximum Gasteiger partial charge on any atom is 0.356 e. The first kappa shape index (κ1) is 9.31. The molecular formula is C8H11N3O2. The van der Waals surface area contributed by atoms with Crippen LogP contribution in [0, 0.1) is 5.41 Å². The number of aromatic nitrogens is 1. The number of hydrogen-bond acceptors (Lipinski definition) is 3. The smallest absolute Gasteiger partial charge is 0.356 e. The number of rotatable bonds is 3. The molecule has 1 rings (SSSR count). The monoisotopic (exact) mass is 181 g/mol. The van der Waals surface area contributed by atoms with Crippen LogP contribution in [-0.4, -0.2) is 35.6 Å². The van der Waals surface area contributed by atoms with Crippen molar-refractivity contribution in [3.8, 4) is 0 Å². The standard InChI is InChI=1S/C8H11N3O2/c1-10(2)11-5-3-4-6(11)7(9)8(12)13/h3-5,9H,1-2H3,(H,12,13). The summed E-state index contributed by atoms with van der Waals surface area (Å²) in [7, 11) is 3.55. The quantitative estimate of drug-likeness (QED) is 0.651. The number of nitrogens with zero attached hydrogens (tertiary/aromatic N) is 2. The van der Waals surface area contributed by atoms with E-state index in [1.54, 1.807) is 42.1 Å². The summed E-state index contributed by atoms with van der Waals surface area (Å²) in [4.78, 5) is 10.5. The van der Waals surface area contributed by atoms with Gasteiger partial charge in [0.2, 0.25) is 0 Å². The molecule has 13 heavy (non-hydrogen) atoms. The minimum atomic E-state index is -1.22. The highest BCUT2D eigenvalue weighted by Gasteiger charge is 2.14. The van der Waals surface area contributed by atoms with Crippen molar-refractivity contribution in [2.24, 2.45) is 0 Å². The molecule has 0 bridgehead atoms. The van der Waals surface area contributed by atoms with Gasteiger partial charge in [0, 0.05) is 20.3 Å². The lowest BCUT2D eigenvalue weighted by atomic mass is 10.3. The van der Waals surface area contributed by atoms with Crippen molar-refractivity contribution >= 4 is 11.7 Å². The zero-order chi connectivity index (χ0) is 10.0. The number of carboxylic acid groups (broad SMARTS) is 1. The Labute approximate surface area is 75.7 Å². The van der Waals surface area contributed by atoms with Crippen molar-refractivity contribution in [1.82, 2.24) is 4.68 Å². The normalized spacial score (nSPS) is 9.69. The third-order valence-electron chi connectivity index (χ3n) is 1.63. The second-order valence-corrected chi connectivity index (χ2v) is 2.77. The van der Waals surface area contributed by atoms with Crippen LogP contribution in [-0.2, 0) is 4.79 Å². The van der Waals surface area contributed by atoms with E-state index < -0.39 is 11.7 Å². The largest absolute Gasteiger partial charge is 0.476 e. The van der Waals surface area contributed by atoms with E-state index in [0.717, 1.165) is 0 Å². The average Bonchev–Trinajstić information content (AvgIpc) is 2.50. The van der Waals surface area contributed by atoms with E-state index >= 15 is 0 Å². The molecule has 70 valence electrons. The van der Waals surface area contributed by atoms with Crippen LogP contribution >= 0.6 is 0 Å². The molecule has 0 saturated carbocycles. The van der Waals surface area contributed by atoms with E-state index in [9.17, 15) is 4.79 Å². The van der Waals surface area contributed by atoms with Crippen LogP contribution in [0.2, 0.25) is 0 Å². The molecule has 0 atom stereocenters. The third-order valence-corrected chi connectivity index (χ3v) is 1.63. The van der Waals surface area contributed by atoms with E-state index in [1.807, 2.05) is 0 Å². The topological polar surface area (TPSA) is 69.3 Å². The summed E-state index contributed by atoms with van der Waals surface area (Å²) in [5, 5.41) is 17.6. The highest BCUT2D eigenvalue weighted by Crippen LogP contribution is 2.02. The highest BCUT2D eigenvalue weighted by atomic mass is 16.4. The van der Waals surface area contributed by atoms with Crippen LogP contribution in [0.15, 0.2) is 18.3 Å². The summed E-state index contributed by atoms with van der Waals surface area (Å²) in [6.45, 7) is 0. The number of carboxylic acids is 1. The molecule has 1 heterocycles. The maximum atomic E-state index is 10.5. The van der Waals surface area contributed by atoms with Crippen LogP contribution in [0.3, 0.4) is 0 Å². The molecule has 2 N–H and O–H groups in total. The summed E-state index contributed by atoms with van der Waals surface area (Å²) >= 11 is 0. The van der Waals surface area contributed by atoms with Gasteiger partial charge in [-0.25, -0.2) is 4.79 Å². The van der Waals surface area contributed by atoms with E-state index in [-0.39, 0.29) is 0 Å².